The van der Waals surface area contributed by atoms with Gasteiger partial charge in [0.15, 0.2) is 5.60 Å². The summed E-state index contributed by atoms with van der Waals surface area (Å²) in [6.45, 7) is 2.50. The lowest BCUT2D eigenvalue weighted by atomic mass is 10.1. The van der Waals surface area contributed by atoms with E-state index in [4.69, 9.17) is 5.26 Å². The van der Waals surface area contributed by atoms with Gasteiger partial charge in [0.2, 0.25) is 14.2 Å². The minimum absolute atomic E-state index is 0.282. The Labute approximate surface area is 162 Å². The molecule has 0 radical (unpaired) electrons. The fraction of sp³-hybridized carbons (Fsp3) is 0.312. The summed E-state index contributed by atoms with van der Waals surface area (Å²) in [5.74, 6) is -2.23. The fourth-order valence-corrected chi connectivity index (χ4v) is 4.90. The zero-order chi connectivity index (χ0) is 21.3. The number of aliphatic hydroxyl groups is 1. The van der Waals surface area contributed by atoms with Crippen molar-refractivity contribution < 1.29 is 31.5 Å². The molecule has 0 aliphatic rings. The number of hydrogen-bond donors (Lipinski definition) is 2. The van der Waals surface area contributed by atoms with Crippen molar-refractivity contribution in [2.75, 3.05) is 11.1 Å². The molecule has 150 valence electrons. The molecule has 1 unspecified atom stereocenters. The fourth-order valence-electron chi connectivity index (χ4n) is 2.19. The summed E-state index contributed by atoms with van der Waals surface area (Å²) in [6, 6.07) is 3.84. The second-order valence-corrected chi connectivity index (χ2v) is 9.13. The third-order valence-electron chi connectivity index (χ3n) is 3.53. The van der Waals surface area contributed by atoms with Gasteiger partial charge in [-0.05, 0) is 32.0 Å². The van der Waals surface area contributed by atoms with Gasteiger partial charge in [-0.2, -0.15) is 18.4 Å². The van der Waals surface area contributed by atoms with Crippen LogP contribution in [0.5, 0.6) is 0 Å². The summed E-state index contributed by atoms with van der Waals surface area (Å²) >= 11 is 0.824. The number of sulfone groups is 1. The lowest BCUT2D eigenvalue weighted by Gasteiger charge is -2.22. The Kier molecular flexibility index (Phi) is 5.84. The Morgan fingerprint density at radius 1 is 1.39 bits per heavy atom. The van der Waals surface area contributed by atoms with Crippen LogP contribution in [0.2, 0.25) is 0 Å². The first-order valence-corrected chi connectivity index (χ1v) is 10.1. The highest BCUT2D eigenvalue weighted by molar-refractivity contribution is 7.93. The third-order valence-corrected chi connectivity index (χ3v) is 6.90. The van der Waals surface area contributed by atoms with E-state index in [1.165, 1.54) is 11.4 Å². The van der Waals surface area contributed by atoms with Crippen LogP contribution in [0.3, 0.4) is 0 Å². The highest BCUT2D eigenvalue weighted by atomic mass is 32.2. The molecule has 7 nitrogen and oxygen atoms in total. The number of rotatable bonds is 5. The molecule has 0 saturated heterocycles. The van der Waals surface area contributed by atoms with Crippen LogP contribution in [0.4, 0.5) is 18.9 Å². The van der Waals surface area contributed by atoms with Crippen molar-refractivity contribution >= 4 is 32.8 Å². The number of nitrogens with one attached hydrogen (secondary N) is 1. The quantitative estimate of drug-likeness (QED) is 0.748. The Balaban J connectivity index is 2.25. The van der Waals surface area contributed by atoms with E-state index in [9.17, 15) is 31.5 Å². The van der Waals surface area contributed by atoms with E-state index < -0.39 is 44.4 Å². The number of hydrogen-bond acceptors (Lipinski definition) is 7. The van der Waals surface area contributed by atoms with Gasteiger partial charge in [0, 0.05) is 16.8 Å². The number of amides is 1. The summed E-state index contributed by atoms with van der Waals surface area (Å²) in [6.07, 6.45) is -4.83. The molecular formula is C16H14F3N3O4S2. The molecule has 0 aliphatic carbocycles. The van der Waals surface area contributed by atoms with Crippen molar-refractivity contribution in [3.63, 3.8) is 0 Å². The van der Waals surface area contributed by atoms with E-state index in [-0.39, 0.29) is 10.0 Å². The van der Waals surface area contributed by atoms with Gasteiger partial charge in [0.25, 0.3) is 5.91 Å². The van der Waals surface area contributed by atoms with Gasteiger partial charge in [0.1, 0.15) is 0 Å². The van der Waals surface area contributed by atoms with Crippen molar-refractivity contribution in [2.24, 2.45) is 0 Å². The summed E-state index contributed by atoms with van der Waals surface area (Å²) in [4.78, 5) is 16.1. The minimum Gasteiger partial charge on any atom is -0.379 e. The molecule has 2 rings (SSSR count). The number of carbonyl (C=O) groups is 1. The van der Waals surface area contributed by atoms with Crippen LogP contribution in [-0.2, 0) is 20.8 Å². The van der Waals surface area contributed by atoms with Crippen molar-refractivity contribution in [1.29, 1.82) is 5.26 Å². The van der Waals surface area contributed by atoms with Gasteiger partial charge in [-0.25, -0.2) is 13.4 Å². The highest BCUT2D eigenvalue weighted by Gasteiger charge is 2.39. The maximum Gasteiger partial charge on any atom is 0.417 e. The summed E-state index contributed by atoms with van der Waals surface area (Å²) in [5.41, 5.74) is -4.24. The lowest BCUT2D eigenvalue weighted by Crippen LogP contribution is -2.45. The Hall–Kier alpha value is -2.49. The number of alkyl halides is 3. The van der Waals surface area contributed by atoms with Crippen molar-refractivity contribution in [3.8, 4) is 6.07 Å². The summed E-state index contributed by atoms with van der Waals surface area (Å²) in [5, 5.41) is 22.6. The van der Waals surface area contributed by atoms with Crippen molar-refractivity contribution in [1.82, 2.24) is 4.98 Å². The number of aromatic nitrogens is 1. The van der Waals surface area contributed by atoms with Crippen LogP contribution >= 0.6 is 11.3 Å². The average Bonchev–Trinajstić information content (AvgIpc) is 3.00. The summed E-state index contributed by atoms with van der Waals surface area (Å²) in [7, 11) is -4.10. The average molecular weight is 433 g/mol. The van der Waals surface area contributed by atoms with E-state index >= 15 is 0 Å². The van der Waals surface area contributed by atoms with Crippen molar-refractivity contribution in [3.05, 3.63) is 40.4 Å². The lowest BCUT2D eigenvalue weighted by molar-refractivity contribution is -0.137. The topological polar surface area (TPSA) is 120 Å². The first kappa shape index (κ1) is 21.8. The molecule has 2 aromatic rings. The van der Waals surface area contributed by atoms with Gasteiger partial charge >= 0.3 is 6.18 Å². The normalized spacial score (nSPS) is 14.2. The second kappa shape index (κ2) is 7.50. The second-order valence-electron chi connectivity index (χ2n) is 6.11. The molecule has 1 atom stereocenters. The number of halogens is 3. The molecule has 1 aromatic carbocycles. The van der Waals surface area contributed by atoms with Crippen molar-refractivity contribution in [2.45, 2.75) is 30.0 Å². The van der Waals surface area contributed by atoms with Crippen LogP contribution in [0.25, 0.3) is 0 Å². The van der Waals surface area contributed by atoms with E-state index in [0.29, 0.717) is 11.8 Å². The van der Waals surface area contributed by atoms with Gasteiger partial charge in [0.05, 0.1) is 22.9 Å². The third kappa shape index (κ3) is 4.86. The number of benzene rings is 1. The number of anilines is 1. The van der Waals surface area contributed by atoms with E-state index in [2.05, 4.69) is 4.98 Å². The number of aryl methyl sites for hydroxylation is 1. The summed E-state index contributed by atoms with van der Waals surface area (Å²) < 4.78 is 63.3. The molecular weight excluding hydrogens is 419 g/mol. The Bertz CT molecular complexity index is 1050. The SMILES string of the molecule is Cc1csc(S(=O)(=O)CC(C)(O)C(=O)Nc2ccc(C#N)c(C(F)(F)F)c2)n1. The predicted octanol–water partition coefficient (Wildman–Crippen LogP) is 2.51. The van der Waals surface area contributed by atoms with E-state index in [1.54, 1.807) is 6.92 Å². The smallest absolute Gasteiger partial charge is 0.379 e. The zero-order valence-electron chi connectivity index (χ0n) is 14.5. The Morgan fingerprint density at radius 2 is 2.04 bits per heavy atom. The molecule has 0 bridgehead atoms. The van der Waals surface area contributed by atoms with Gasteiger partial charge in [-0.15, -0.1) is 11.3 Å². The van der Waals surface area contributed by atoms with Crippen LogP contribution in [0, 0.1) is 18.3 Å². The molecule has 1 heterocycles. The highest BCUT2D eigenvalue weighted by Crippen LogP contribution is 2.33. The molecule has 12 heteroatoms. The van der Waals surface area contributed by atoms with Crippen LogP contribution < -0.4 is 5.32 Å². The van der Waals surface area contributed by atoms with E-state index in [1.807, 2.05) is 5.32 Å². The molecule has 28 heavy (non-hydrogen) atoms. The number of nitrogens with zero attached hydrogens (tertiary/aromatic N) is 2. The molecule has 0 spiro atoms. The van der Waals surface area contributed by atoms with Gasteiger partial charge in [-0.3, -0.25) is 4.79 Å². The first-order valence-electron chi connectivity index (χ1n) is 7.56. The number of carbonyl (C=O) groups excluding carboxylic acids is 1. The molecule has 0 aliphatic heterocycles. The maximum atomic E-state index is 13.0. The first-order chi connectivity index (χ1) is 12.8. The largest absolute Gasteiger partial charge is 0.417 e. The minimum atomic E-state index is -4.83. The molecule has 0 saturated carbocycles. The zero-order valence-corrected chi connectivity index (χ0v) is 16.2. The molecule has 1 aromatic heterocycles. The monoisotopic (exact) mass is 433 g/mol. The molecule has 1 amide bonds. The number of nitriles is 1. The standard InChI is InChI=1S/C16H14F3N3O4S2/c1-9-7-27-14(21-9)28(25,26)8-15(2,24)13(23)22-11-4-3-10(6-20)12(5-11)16(17,18)19/h3-5,7,24H,8H2,1-2H3,(H,22,23). The van der Waals surface area contributed by atoms with Crippen LogP contribution in [0.15, 0.2) is 27.9 Å². The molecule has 2 N–H and O–H groups in total. The maximum absolute atomic E-state index is 13.0. The predicted molar refractivity (Wildman–Crippen MR) is 94.3 cm³/mol. The van der Waals surface area contributed by atoms with Gasteiger partial charge in [-0.1, -0.05) is 0 Å². The van der Waals surface area contributed by atoms with Gasteiger partial charge < -0.3 is 10.4 Å². The number of thiazole rings is 1. The Morgan fingerprint density at radius 3 is 2.54 bits per heavy atom. The molecule has 0 fully saturated rings. The van der Waals surface area contributed by atoms with E-state index in [0.717, 1.165) is 30.4 Å². The van der Waals surface area contributed by atoms with Crippen LogP contribution in [-0.4, -0.2) is 35.8 Å². The van der Waals surface area contributed by atoms with Crippen LogP contribution in [0.1, 0.15) is 23.7 Å².